The number of carbonyl (C=O) groups is 2. The Hall–Kier alpha value is -1.66. The van der Waals surface area contributed by atoms with E-state index in [0.717, 1.165) is 38.5 Å². The fourth-order valence-corrected chi connectivity index (χ4v) is 11.8. The van der Waals surface area contributed by atoms with Crippen molar-refractivity contribution in [2.45, 2.75) is 431 Å². The van der Waals surface area contributed by atoms with Crippen LogP contribution in [0.15, 0.2) is 24.3 Å². The van der Waals surface area contributed by atoms with Gasteiger partial charge < -0.3 is 20.3 Å². The van der Waals surface area contributed by atoms with Crippen molar-refractivity contribution in [2.24, 2.45) is 0 Å². The lowest BCUT2D eigenvalue weighted by Crippen LogP contribution is -2.45. The highest BCUT2D eigenvalue weighted by Crippen LogP contribution is 2.19. The maximum Gasteiger partial charge on any atom is 0.305 e. The lowest BCUT2D eigenvalue weighted by molar-refractivity contribution is -0.143. The predicted molar refractivity (Wildman–Crippen MR) is 356 cm³/mol. The van der Waals surface area contributed by atoms with Gasteiger partial charge in [0.25, 0.3) is 0 Å². The Morgan fingerprint density at radius 2 is 0.580 bits per heavy atom. The number of amides is 1. The van der Waals surface area contributed by atoms with Gasteiger partial charge in [-0.2, -0.15) is 0 Å². The molecule has 0 aromatic rings. The number of ether oxygens (including phenoxy) is 1. The van der Waals surface area contributed by atoms with Crippen molar-refractivity contribution in [3.8, 4) is 0 Å². The van der Waals surface area contributed by atoms with Crippen LogP contribution in [-0.4, -0.2) is 47.4 Å². The molecule has 0 rings (SSSR count). The van der Waals surface area contributed by atoms with Crippen LogP contribution in [-0.2, 0) is 14.3 Å². The molecule has 0 spiro atoms. The van der Waals surface area contributed by atoms with E-state index in [4.69, 9.17) is 4.74 Å². The zero-order valence-electron chi connectivity index (χ0n) is 55.0. The quantitative estimate of drug-likeness (QED) is 0.0320. The summed E-state index contributed by atoms with van der Waals surface area (Å²) in [6.45, 7) is 4.95. The van der Waals surface area contributed by atoms with E-state index in [1.165, 1.54) is 353 Å². The Bertz CT molecular complexity index is 1270. The Morgan fingerprint density at radius 3 is 0.877 bits per heavy atom. The number of aliphatic hydroxyl groups is 2. The third-order valence-corrected chi connectivity index (χ3v) is 17.5. The highest BCUT2D eigenvalue weighted by atomic mass is 16.5. The predicted octanol–water partition coefficient (Wildman–Crippen LogP) is 24.1. The smallest absolute Gasteiger partial charge is 0.305 e. The molecule has 6 heteroatoms. The van der Waals surface area contributed by atoms with Crippen LogP contribution in [0.4, 0.5) is 0 Å². The molecule has 0 aliphatic carbocycles. The molecular weight excluding hydrogens is 995 g/mol. The largest absolute Gasteiger partial charge is 0.466 e. The maximum absolute atomic E-state index is 12.5. The molecule has 0 aliphatic heterocycles. The topological polar surface area (TPSA) is 95.9 Å². The van der Waals surface area contributed by atoms with E-state index in [1.807, 2.05) is 6.08 Å². The summed E-state index contributed by atoms with van der Waals surface area (Å²) in [4.78, 5) is 24.7. The number of carbonyl (C=O) groups excluding carboxylic acids is 2. The molecular formula is C75H145NO5. The van der Waals surface area contributed by atoms with E-state index in [-0.39, 0.29) is 18.5 Å². The molecule has 0 radical (unpaired) electrons. The van der Waals surface area contributed by atoms with Crippen molar-refractivity contribution < 1.29 is 24.5 Å². The van der Waals surface area contributed by atoms with Crippen LogP contribution in [0.25, 0.3) is 0 Å². The van der Waals surface area contributed by atoms with Crippen LogP contribution in [0.1, 0.15) is 418 Å². The minimum atomic E-state index is -0.845. The zero-order chi connectivity index (χ0) is 58.5. The first-order valence-electron chi connectivity index (χ1n) is 37.1. The van der Waals surface area contributed by atoms with E-state index in [9.17, 15) is 19.8 Å². The summed E-state index contributed by atoms with van der Waals surface area (Å²) in [6.07, 6.45) is 89.8. The normalized spacial score (nSPS) is 12.6. The lowest BCUT2D eigenvalue weighted by Gasteiger charge is -2.20. The van der Waals surface area contributed by atoms with Crippen LogP contribution in [0, 0.1) is 0 Å². The summed E-state index contributed by atoms with van der Waals surface area (Å²) in [5.74, 6) is -0.0468. The Morgan fingerprint density at radius 1 is 0.333 bits per heavy atom. The van der Waals surface area contributed by atoms with E-state index in [0.29, 0.717) is 19.4 Å². The number of aliphatic hydroxyl groups excluding tert-OH is 2. The minimum Gasteiger partial charge on any atom is -0.466 e. The van der Waals surface area contributed by atoms with E-state index >= 15 is 0 Å². The molecule has 0 saturated heterocycles. The number of nitrogens with one attached hydrogen (secondary N) is 1. The van der Waals surface area contributed by atoms with Crippen molar-refractivity contribution in [1.29, 1.82) is 0 Å². The van der Waals surface area contributed by atoms with Gasteiger partial charge in [-0.1, -0.05) is 372 Å². The van der Waals surface area contributed by atoms with Gasteiger partial charge in [-0.3, -0.25) is 9.59 Å². The summed E-state index contributed by atoms with van der Waals surface area (Å²) in [7, 11) is 0. The second kappa shape index (κ2) is 70.8. The Kier molecular flexibility index (Phi) is 69.4. The van der Waals surface area contributed by atoms with Crippen molar-refractivity contribution in [2.75, 3.05) is 13.2 Å². The molecule has 0 bridgehead atoms. The standard InChI is InChI=1S/C75H145NO5/c1-3-5-7-9-11-13-15-17-19-21-23-28-32-35-39-43-47-51-55-59-63-67-73(78)72(71-77)76-74(79)68-64-60-56-52-48-44-40-36-33-29-26-24-25-27-30-34-38-42-46-50-54-58-62-66-70-81-75(80)69-65-61-57-53-49-45-41-37-31-22-20-18-16-14-12-10-8-6-4-2/h18,20,63,67,72-73,77-78H,3-17,19,21-62,64-66,68-71H2,1-2H3,(H,76,79)/b20-18-,67-63+. The molecule has 0 heterocycles. The molecule has 6 nitrogen and oxygen atoms in total. The number of esters is 1. The fourth-order valence-electron chi connectivity index (χ4n) is 11.8. The van der Waals surface area contributed by atoms with Gasteiger partial charge in [0.1, 0.15) is 0 Å². The monoisotopic (exact) mass is 1140 g/mol. The summed E-state index contributed by atoms with van der Waals surface area (Å²) >= 11 is 0. The van der Waals surface area contributed by atoms with Crippen LogP contribution < -0.4 is 5.32 Å². The maximum atomic E-state index is 12.5. The van der Waals surface area contributed by atoms with Gasteiger partial charge in [-0.25, -0.2) is 0 Å². The lowest BCUT2D eigenvalue weighted by atomic mass is 10.0. The number of hydrogen-bond acceptors (Lipinski definition) is 5. The molecule has 0 aromatic carbocycles. The molecule has 0 saturated carbocycles. The van der Waals surface area contributed by atoms with Crippen molar-refractivity contribution in [3.05, 3.63) is 24.3 Å². The summed E-state index contributed by atoms with van der Waals surface area (Å²) in [5, 5.41) is 23.3. The van der Waals surface area contributed by atoms with Gasteiger partial charge in [0.05, 0.1) is 25.4 Å². The second-order valence-corrected chi connectivity index (χ2v) is 25.6. The van der Waals surface area contributed by atoms with E-state index in [2.05, 4.69) is 31.3 Å². The molecule has 0 fully saturated rings. The summed E-state index contributed by atoms with van der Waals surface area (Å²) < 4.78 is 5.51. The van der Waals surface area contributed by atoms with Gasteiger partial charge >= 0.3 is 5.97 Å². The SMILES string of the molecule is CCCCCCCC/C=C\CCCCCCCCCCCC(=O)OCCCCCCCCCCCCCCCCCCCCCCCCCCC(=O)NC(CO)C(O)/C=C/CCCCCCCCCCCCCCCCCCCCC. The summed E-state index contributed by atoms with van der Waals surface area (Å²) in [5.41, 5.74) is 0. The molecule has 2 atom stereocenters. The molecule has 3 N–H and O–H groups in total. The van der Waals surface area contributed by atoms with Crippen LogP contribution in [0.5, 0.6) is 0 Å². The average Bonchev–Trinajstić information content (AvgIpc) is 3.47. The van der Waals surface area contributed by atoms with Crippen LogP contribution in [0.3, 0.4) is 0 Å². The van der Waals surface area contributed by atoms with Crippen LogP contribution >= 0.6 is 0 Å². The van der Waals surface area contributed by atoms with E-state index < -0.39 is 12.1 Å². The minimum absolute atomic E-state index is 0.0156. The number of rotatable bonds is 70. The van der Waals surface area contributed by atoms with Crippen molar-refractivity contribution >= 4 is 11.9 Å². The third-order valence-electron chi connectivity index (χ3n) is 17.5. The summed E-state index contributed by atoms with van der Waals surface area (Å²) in [6, 6.07) is -0.628. The molecule has 1 amide bonds. The highest BCUT2D eigenvalue weighted by Gasteiger charge is 2.18. The van der Waals surface area contributed by atoms with Gasteiger partial charge in [0, 0.05) is 12.8 Å². The number of allylic oxidation sites excluding steroid dienone is 3. The zero-order valence-corrected chi connectivity index (χ0v) is 55.0. The number of hydrogen-bond donors (Lipinski definition) is 3. The van der Waals surface area contributed by atoms with E-state index in [1.54, 1.807) is 6.08 Å². The first-order valence-corrected chi connectivity index (χ1v) is 37.1. The molecule has 480 valence electrons. The third kappa shape index (κ3) is 67.3. The average molecular weight is 1140 g/mol. The first kappa shape index (κ1) is 79.3. The van der Waals surface area contributed by atoms with Gasteiger partial charge in [-0.15, -0.1) is 0 Å². The molecule has 81 heavy (non-hydrogen) atoms. The fraction of sp³-hybridized carbons (Fsp3) is 0.920. The highest BCUT2D eigenvalue weighted by molar-refractivity contribution is 5.76. The molecule has 0 aromatic heterocycles. The van der Waals surface area contributed by atoms with Crippen molar-refractivity contribution in [3.63, 3.8) is 0 Å². The Labute approximate surface area is 507 Å². The Balaban J connectivity index is 3.38. The van der Waals surface area contributed by atoms with Crippen molar-refractivity contribution in [1.82, 2.24) is 5.32 Å². The second-order valence-electron chi connectivity index (χ2n) is 25.6. The molecule has 0 aliphatic rings. The van der Waals surface area contributed by atoms with Gasteiger partial charge in [-0.05, 0) is 57.8 Å². The first-order chi connectivity index (χ1) is 40.0. The van der Waals surface area contributed by atoms with Gasteiger partial charge in [0.15, 0.2) is 0 Å². The molecule has 2 unspecified atom stereocenters. The van der Waals surface area contributed by atoms with Gasteiger partial charge in [0.2, 0.25) is 5.91 Å². The van der Waals surface area contributed by atoms with Crippen LogP contribution in [0.2, 0.25) is 0 Å². The number of unbranched alkanes of at least 4 members (excludes halogenated alkanes) is 57.